The van der Waals surface area contributed by atoms with Crippen molar-refractivity contribution >= 4 is 23.2 Å². The standard InChI is InChI=1S/C26H29N3O2S/c1-19(2)28-25(31)26(17-20-7-9-21(10-8-20)23-6-4-16-32-23)11-14-29(15-12-26)24(30)22-5-3-13-27-18-22/h3-10,13,16,18-19H,11-12,14-15,17H2,1-2H3,(H,28,31). The minimum absolute atomic E-state index is 0.0173. The Morgan fingerprint density at radius 2 is 1.84 bits per heavy atom. The van der Waals surface area contributed by atoms with E-state index in [4.69, 9.17) is 0 Å². The Morgan fingerprint density at radius 3 is 2.44 bits per heavy atom. The van der Waals surface area contributed by atoms with E-state index in [-0.39, 0.29) is 17.9 Å². The van der Waals surface area contributed by atoms with Crippen LogP contribution in [0.15, 0.2) is 66.3 Å². The topological polar surface area (TPSA) is 62.3 Å². The number of aromatic nitrogens is 1. The van der Waals surface area contributed by atoms with E-state index in [1.807, 2.05) is 18.7 Å². The Morgan fingerprint density at radius 1 is 1.09 bits per heavy atom. The molecule has 1 aliphatic heterocycles. The maximum Gasteiger partial charge on any atom is 0.255 e. The number of amides is 2. The predicted octanol–water partition coefficient (Wildman–Crippen LogP) is 4.80. The van der Waals surface area contributed by atoms with Crippen LogP contribution >= 0.6 is 11.3 Å². The number of piperidine rings is 1. The van der Waals surface area contributed by atoms with Crippen molar-refractivity contribution in [1.82, 2.24) is 15.2 Å². The molecule has 3 aromatic rings. The van der Waals surface area contributed by atoms with Gasteiger partial charge in [0.2, 0.25) is 5.91 Å². The zero-order chi connectivity index (χ0) is 22.6. The molecule has 0 radical (unpaired) electrons. The maximum atomic E-state index is 13.3. The van der Waals surface area contributed by atoms with Gasteiger partial charge in [0.15, 0.2) is 0 Å². The van der Waals surface area contributed by atoms with E-state index in [1.165, 1.54) is 10.4 Å². The molecule has 4 rings (SSSR count). The number of rotatable bonds is 6. The van der Waals surface area contributed by atoms with Crippen molar-refractivity contribution < 1.29 is 9.59 Å². The molecule has 0 spiro atoms. The van der Waals surface area contributed by atoms with Gasteiger partial charge in [-0.25, -0.2) is 0 Å². The molecule has 166 valence electrons. The van der Waals surface area contributed by atoms with E-state index in [9.17, 15) is 9.59 Å². The van der Waals surface area contributed by atoms with Crippen molar-refractivity contribution in [3.8, 4) is 10.4 Å². The summed E-state index contributed by atoms with van der Waals surface area (Å²) in [6.07, 6.45) is 5.22. The molecule has 1 saturated heterocycles. The van der Waals surface area contributed by atoms with Crippen LogP contribution in [0.3, 0.4) is 0 Å². The summed E-state index contributed by atoms with van der Waals surface area (Å²) in [4.78, 5) is 33.3. The highest BCUT2D eigenvalue weighted by atomic mass is 32.1. The molecule has 3 heterocycles. The molecule has 6 heteroatoms. The molecule has 0 unspecified atom stereocenters. The Hall–Kier alpha value is -2.99. The normalized spacial score (nSPS) is 15.5. The third-order valence-corrected chi connectivity index (χ3v) is 7.04. The summed E-state index contributed by atoms with van der Waals surface area (Å²) in [5.74, 6) is 0.0691. The van der Waals surface area contributed by atoms with Crippen molar-refractivity contribution in [2.24, 2.45) is 5.41 Å². The molecular weight excluding hydrogens is 418 g/mol. The Kier molecular flexibility index (Phi) is 6.70. The van der Waals surface area contributed by atoms with Crippen LogP contribution in [0.4, 0.5) is 0 Å². The highest BCUT2D eigenvalue weighted by molar-refractivity contribution is 7.13. The highest BCUT2D eigenvalue weighted by Gasteiger charge is 2.42. The molecule has 32 heavy (non-hydrogen) atoms. The first kappa shape index (κ1) is 22.2. The van der Waals surface area contributed by atoms with E-state index >= 15 is 0 Å². The van der Waals surface area contributed by atoms with Gasteiger partial charge in [0.25, 0.3) is 5.91 Å². The van der Waals surface area contributed by atoms with E-state index in [1.54, 1.807) is 35.9 Å². The van der Waals surface area contributed by atoms with Gasteiger partial charge in [-0.3, -0.25) is 14.6 Å². The molecule has 1 fully saturated rings. The van der Waals surface area contributed by atoms with Crippen molar-refractivity contribution in [3.63, 3.8) is 0 Å². The SMILES string of the molecule is CC(C)NC(=O)C1(Cc2ccc(-c3cccs3)cc2)CCN(C(=O)c2cccnc2)CC1. The number of carbonyl (C=O) groups excluding carboxylic acids is 2. The highest BCUT2D eigenvalue weighted by Crippen LogP contribution is 2.37. The third kappa shape index (κ3) is 4.91. The van der Waals surface area contributed by atoms with Crippen molar-refractivity contribution in [2.75, 3.05) is 13.1 Å². The van der Waals surface area contributed by atoms with E-state index in [2.05, 4.69) is 52.1 Å². The van der Waals surface area contributed by atoms with Crippen molar-refractivity contribution in [3.05, 3.63) is 77.4 Å². The Labute approximate surface area is 193 Å². The number of pyridine rings is 1. The van der Waals surface area contributed by atoms with Crippen LogP contribution in [0.25, 0.3) is 10.4 Å². The van der Waals surface area contributed by atoms with Crippen LogP contribution in [0.2, 0.25) is 0 Å². The van der Waals surface area contributed by atoms with Crippen LogP contribution < -0.4 is 5.32 Å². The Bertz CT molecular complexity index is 1040. The molecule has 2 amide bonds. The van der Waals surface area contributed by atoms with E-state index < -0.39 is 5.41 Å². The van der Waals surface area contributed by atoms with Gasteiger partial charge in [0.05, 0.1) is 11.0 Å². The maximum absolute atomic E-state index is 13.3. The van der Waals surface area contributed by atoms with E-state index in [0.29, 0.717) is 37.9 Å². The summed E-state index contributed by atoms with van der Waals surface area (Å²) >= 11 is 1.72. The first-order chi connectivity index (χ1) is 15.5. The number of nitrogens with one attached hydrogen (secondary N) is 1. The molecule has 5 nitrogen and oxygen atoms in total. The monoisotopic (exact) mass is 447 g/mol. The number of hydrogen-bond donors (Lipinski definition) is 1. The van der Waals surface area contributed by atoms with Gasteiger partial charge in [-0.15, -0.1) is 11.3 Å². The van der Waals surface area contributed by atoms with Gasteiger partial charge < -0.3 is 10.2 Å². The molecule has 1 N–H and O–H groups in total. The fourth-order valence-corrected chi connectivity index (χ4v) is 5.06. The Balaban J connectivity index is 1.51. The van der Waals surface area contributed by atoms with Crippen LogP contribution in [0, 0.1) is 5.41 Å². The summed E-state index contributed by atoms with van der Waals surface area (Å²) in [5, 5.41) is 5.21. The lowest BCUT2D eigenvalue weighted by atomic mass is 9.72. The van der Waals surface area contributed by atoms with Crippen LogP contribution in [-0.2, 0) is 11.2 Å². The lowest BCUT2D eigenvalue weighted by molar-refractivity contribution is -0.134. The van der Waals surface area contributed by atoms with Gasteiger partial charge in [0.1, 0.15) is 0 Å². The van der Waals surface area contributed by atoms with Crippen molar-refractivity contribution in [1.29, 1.82) is 0 Å². The number of benzene rings is 1. The zero-order valence-electron chi connectivity index (χ0n) is 18.6. The third-order valence-electron chi connectivity index (χ3n) is 6.12. The molecular formula is C26H29N3O2S. The van der Waals surface area contributed by atoms with Gasteiger partial charge >= 0.3 is 0 Å². The molecule has 1 aliphatic rings. The molecule has 2 aromatic heterocycles. The molecule has 0 bridgehead atoms. The quantitative estimate of drug-likeness (QED) is 0.590. The van der Waals surface area contributed by atoms with E-state index in [0.717, 1.165) is 5.56 Å². The van der Waals surface area contributed by atoms with Gasteiger partial charge in [0, 0.05) is 36.4 Å². The van der Waals surface area contributed by atoms with Gasteiger partial charge in [-0.1, -0.05) is 30.3 Å². The number of hydrogen-bond acceptors (Lipinski definition) is 4. The second kappa shape index (κ2) is 9.65. The molecule has 1 aromatic carbocycles. The number of nitrogens with zero attached hydrogens (tertiary/aromatic N) is 2. The fraction of sp³-hybridized carbons (Fsp3) is 0.346. The minimum Gasteiger partial charge on any atom is -0.353 e. The largest absolute Gasteiger partial charge is 0.353 e. The van der Waals surface area contributed by atoms with Crippen LogP contribution in [0.5, 0.6) is 0 Å². The average Bonchev–Trinajstić information content (AvgIpc) is 3.35. The molecule has 0 saturated carbocycles. The second-order valence-corrected chi connectivity index (χ2v) is 9.74. The minimum atomic E-state index is -0.513. The summed E-state index contributed by atoms with van der Waals surface area (Å²) in [6, 6.07) is 16.4. The van der Waals surface area contributed by atoms with Gasteiger partial charge in [-0.05, 0) is 67.8 Å². The number of thiophene rings is 1. The number of likely N-dealkylation sites (tertiary alicyclic amines) is 1. The lowest BCUT2D eigenvalue weighted by Crippen LogP contribution is -2.52. The summed E-state index contributed by atoms with van der Waals surface area (Å²) in [5.41, 5.74) is 2.42. The first-order valence-corrected chi connectivity index (χ1v) is 12.0. The average molecular weight is 448 g/mol. The smallest absolute Gasteiger partial charge is 0.255 e. The van der Waals surface area contributed by atoms with Crippen LogP contribution in [0.1, 0.15) is 42.6 Å². The summed E-state index contributed by atoms with van der Waals surface area (Å²) in [7, 11) is 0. The lowest BCUT2D eigenvalue weighted by Gasteiger charge is -2.41. The summed E-state index contributed by atoms with van der Waals surface area (Å²) in [6.45, 7) is 5.10. The molecule has 0 aliphatic carbocycles. The summed E-state index contributed by atoms with van der Waals surface area (Å²) < 4.78 is 0. The van der Waals surface area contributed by atoms with Crippen LogP contribution in [-0.4, -0.2) is 40.8 Å². The molecule has 0 atom stereocenters. The zero-order valence-corrected chi connectivity index (χ0v) is 19.4. The number of carbonyl (C=O) groups is 2. The second-order valence-electron chi connectivity index (χ2n) is 8.79. The fourth-order valence-electron chi connectivity index (χ4n) is 4.33. The first-order valence-electron chi connectivity index (χ1n) is 11.1. The van der Waals surface area contributed by atoms with Crippen molar-refractivity contribution in [2.45, 2.75) is 39.2 Å². The van der Waals surface area contributed by atoms with Gasteiger partial charge in [-0.2, -0.15) is 0 Å². The predicted molar refractivity (Wildman–Crippen MR) is 129 cm³/mol.